The molecule has 1 unspecified atom stereocenters. The van der Waals surface area contributed by atoms with Crippen LogP contribution in [0, 0.1) is 0 Å². The van der Waals surface area contributed by atoms with Gasteiger partial charge in [0.15, 0.2) is 0 Å². The van der Waals surface area contributed by atoms with Gasteiger partial charge in [0.25, 0.3) is 0 Å². The summed E-state index contributed by atoms with van der Waals surface area (Å²) in [6.45, 7) is 5.04. The molecule has 0 aliphatic heterocycles. The molecule has 0 saturated heterocycles. The first-order chi connectivity index (χ1) is 16.1. The lowest BCUT2D eigenvalue weighted by Crippen LogP contribution is -2.48. The normalized spacial score (nSPS) is 12.1. The third kappa shape index (κ3) is 5.40. The van der Waals surface area contributed by atoms with E-state index in [1.807, 2.05) is 30.3 Å². The van der Waals surface area contributed by atoms with Gasteiger partial charge in [0.05, 0.1) is 0 Å². The van der Waals surface area contributed by atoms with Crippen molar-refractivity contribution >= 4 is 45.4 Å². The van der Waals surface area contributed by atoms with Crippen molar-refractivity contribution in [3.05, 3.63) is 78.4 Å². The van der Waals surface area contributed by atoms with Gasteiger partial charge < -0.3 is 15.2 Å². The zero-order chi connectivity index (χ0) is 23.2. The molecular weight excluding hydrogens is 430 g/mol. The fraction of sp³-hybridized carbons (Fsp3) is 0.259. The zero-order valence-electron chi connectivity index (χ0n) is 19.0. The summed E-state index contributed by atoms with van der Waals surface area (Å²) in [6.07, 6.45) is 0.755. The third-order valence-electron chi connectivity index (χ3n) is 5.73. The van der Waals surface area contributed by atoms with Gasteiger partial charge in [-0.1, -0.05) is 48.5 Å². The average molecular weight is 460 g/mol. The van der Waals surface area contributed by atoms with Gasteiger partial charge in [0, 0.05) is 52.5 Å². The van der Waals surface area contributed by atoms with Crippen LogP contribution in [-0.4, -0.2) is 34.7 Å². The second-order valence-electron chi connectivity index (χ2n) is 8.03. The molecule has 5 nitrogen and oxygen atoms in total. The molecule has 1 atom stereocenters. The van der Waals surface area contributed by atoms with Crippen LogP contribution in [0.3, 0.4) is 0 Å². The van der Waals surface area contributed by atoms with Crippen molar-refractivity contribution in [2.45, 2.75) is 37.8 Å². The van der Waals surface area contributed by atoms with Crippen LogP contribution in [0.5, 0.6) is 0 Å². The molecule has 2 amide bonds. The fourth-order valence-corrected chi connectivity index (χ4v) is 5.13. The minimum atomic E-state index is -0.587. The largest absolute Gasteiger partial charge is 0.354 e. The minimum Gasteiger partial charge on any atom is -0.354 e. The summed E-state index contributed by atoms with van der Waals surface area (Å²) >= 11 is 1.58. The van der Waals surface area contributed by atoms with E-state index in [2.05, 4.69) is 64.6 Å². The number of thioether (sulfide) groups is 1. The number of amides is 2. The molecule has 1 aromatic heterocycles. The zero-order valence-corrected chi connectivity index (χ0v) is 19.8. The second kappa shape index (κ2) is 10.6. The molecule has 0 aliphatic rings. The minimum absolute atomic E-state index is 0.155. The Hall–Kier alpha value is -3.25. The van der Waals surface area contributed by atoms with Crippen molar-refractivity contribution < 1.29 is 9.59 Å². The molecule has 0 saturated carbocycles. The van der Waals surface area contributed by atoms with Crippen LogP contribution in [0.15, 0.2) is 77.7 Å². The molecule has 0 bridgehead atoms. The molecule has 0 fully saturated rings. The summed E-state index contributed by atoms with van der Waals surface area (Å²) in [5.74, 6) is 0.104. The topological polar surface area (TPSA) is 63.1 Å². The molecule has 170 valence electrons. The molecule has 0 aliphatic carbocycles. The fourth-order valence-electron chi connectivity index (χ4n) is 4.17. The summed E-state index contributed by atoms with van der Waals surface area (Å²) in [5, 5.41) is 8.21. The maximum atomic E-state index is 12.8. The number of carbonyl (C=O) groups excluding carboxylic acids is 2. The summed E-state index contributed by atoms with van der Waals surface area (Å²) in [5.41, 5.74) is 3.61. The Morgan fingerprint density at radius 2 is 1.67 bits per heavy atom. The number of aromatic nitrogens is 1. The van der Waals surface area contributed by atoms with Gasteiger partial charge >= 0.3 is 0 Å². The lowest BCUT2D eigenvalue weighted by molar-refractivity contribution is -0.127. The lowest BCUT2D eigenvalue weighted by atomic mass is 10.1. The van der Waals surface area contributed by atoms with E-state index < -0.39 is 6.04 Å². The van der Waals surface area contributed by atoms with Crippen molar-refractivity contribution in [2.24, 2.45) is 0 Å². The number of benzene rings is 3. The number of fused-ring (bicyclic) bond motifs is 3. The average Bonchev–Trinajstić information content (AvgIpc) is 3.15. The highest BCUT2D eigenvalue weighted by Crippen LogP contribution is 2.32. The number of aryl methyl sites for hydroxylation is 1. The predicted octanol–water partition coefficient (Wildman–Crippen LogP) is 4.77. The number of nitrogens with zero attached hydrogens (tertiary/aromatic N) is 1. The van der Waals surface area contributed by atoms with E-state index in [-0.39, 0.29) is 11.8 Å². The summed E-state index contributed by atoms with van der Waals surface area (Å²) in [6, 6.07) is 24.3. The first-order valence-electron chi connectivity index (χ1n) is 11.3. The van der Waals surface area contributed by atoms with Gasteiger partial charge in [-0.05, 0) is 43.2 Å². The van der Waals surface area contributed by atoms with Crippen LogP contribution in [0.2, 0.25) is 0 Å². The Morgan fingerprint density at radius 1 is 0.939 bits per heavy atom. The van der Waals surface area contributed by atoms with Crippen LogP contribution in [0.4, 0.5) is 0 Å². The number of rotatable bonds is 9. The lowest BCUT2D eigenvalue weighted by Gasteiger charge is -2.17. The molecule has 4 aromatic rings. The van der Waals surface area contributed by atoms with Gasteiger partial charge in [0.1, 0.15) is 6.04 Å². The van der Waals surface area contributed by atoms with Crippen molar-refractivity contribution in [1.29, 1.82) is 0 Å². The summed E-state index contributed by atoms with van der Waals surface area (Å²) < 4.78 is 2.32. The number of carbonyl (C=O) groups is 2. The Morgan fingerprint density at radius 3 is 2.42 bits per heavy atom. The van der Waals surface area contributed by atoms with E-state index in [0.717, 1.165) is 17.9 Å². The standard InChI is InChI=1S/C27H29N3O2S/c1-3-30-25-12-8-7-11-22(25)23-17-21(13-14-26(23)30)33-18-24(29-19(2)31)27(32)28-16-15-20-9-5-4-6-10-20/h4-14,17,24H,3,15-16,18H2,1-2H3,(H,28,32)(H,29,31). The van der Waals surface area contributed by atoms with E-state index in [0.29, 0.717) is 12.3 Å². The smallest absolute Gasteiger partial charge is 0.243 e. The summed E-state index contributed by atoms with van der Waals surface area (Å²) in [4.78, 5) is 25.6. The molecule has 3 aromatic carbocycles. The quantitative estimate of drug-likeness (QED) is 0.355. The number of nitrogens with one attached hydrogen (secondary N) is 2. The molecule has 33 heavy (non-hydrogen) atoms. The van der Waals surface area contributed by atoms with Crippen LogP contribution in [0.25, 0.3) is 21.8 Å². The van der Waals surface area contributed by atoms with E-state index in [9.17, 15) is 9.59 Å². The first-order valence-corrected chi connectivity index (χ1v) is 12.3. The van der Waals surface area contributed by atoms with E-state index >= 15 is 0 Å². The van der Waals surface area contributed by atoms with E-state index in [4.69, 9.17) is 0 Å². The maximum Gasteiger partial charge on any atom is 0.243 e. The Bertz CT molecular complexity index is 1270. The third-order valence-corrected chi connectivity index (χ3v) is 6.81. The van der Waals surface area contributed by atoms with Crippen LogP contribution >= 0.6 is 11.8 Å². The molecule has 1 heterocycles. The molecule has 6 heteroatoms. The highest BCUT2D eigenvalue weighted by molar-refractivity contribution is 7.99. The summed E-state index contributed by atoms with van der Waals surface area (Å²) in [7, 11) is 0. The highest BCUT2D eigenvalue weighted by atomic mass is 32.2. The Balaban J connectivity index is 1.45. The first kappa shape index (κ1) is 22.9. The molecule has 0 radical (unpaired) electrons. The number of hydrogen-bond donors (Lipinski definition) is 2. The predicted molar refractivity (Wildman–Crippen MR) is 137 cm³/mol. The van der Waals surface area contributed by atoms with E-state index in [1.54, 1.807) is 11.8 Å². The monoisotopic (exact) mass is 459 g/mol. The van der Waals surface area contributed by atoms with Crippen LogP contribution in [-0.2, 0) is 22.6 Å². The number of para-hydroxylation sites is 1. The van der Waals surface area contributed by atoms with Crippen molar-refractivity contribution in [2.75, 3.05) is 12.3 Å². The molecule has 0 spiro atoms. The molecule has 4 rings (SSSR count). The maximum absolute atomic E-state index is 12.8. The Kier molecular flexibility index (Phi) is 7.35. The molecule has 2 N–H and O–H groups in total. The van der Waals surface area contributed by atoms with Crippen molar-refractivity contribution in [1.82, 2.24) is 15.2 Å². The number of hydrogen-bond acceptors (Lipinski definition) is 3. The SMILES string of the molecule is CCn1c2ccccc2c2cc(SCC(NC(C)=O)C(=O)NCCc3ccccc3)ccc21. The van der Waals surface area contributed by atoms with Gasteiger partial charge in [-0.2, -0.15) is 0 Å². The van der Waals surface area contributed by atoms with Crippen molar-refractivity contribution in [3.8, 4) is 0 Å². The Labute approximate surface area is 198 Å². The van der Waals surface area contributed by atoms with Crippen molar-refractivity contribution in [3.63, 3.8) is 0 Å². The van der Waals surface area contributed by atoms with E-state index in [1.165, 1.54) is 34.3 Å². The molecular formula is C27H29N3O2S. The van der Waals surface area contributed by atoms with Gasteiger partial charge in [0.2, 0.25) is 11.8 Å². The van der Waals surface area contributed by atoms with Crippen LogP contribution < -0.4 is 10.6 Å². The van der Waals surface area contributed by atoms with Gasteiger partial charge in [-0.15, -0.1) is 11.8 Å². The van der Waals surface area contributed by atoms with Gasteiger partial charge in [-0.25, -0.2) is 0 Å². The highest BCUT2D eigenvalue weighted by Gasteiger charge is 2.20. The van der Waals surface area contributed by atoms with Crippen LogP contribution in [0.1, 0.15) is 19.4 Å². The van der Waals surface area contributed by atoms with Gasteiger partial charge in [-0.3, -0.25) is 9.59 Å². The second-order valence-corrected chi connectivity index (χ2v) is 9.12.